The van der Waals surface area contributed by atoms with E-state index in [1.807, 2.05) is 36.4 Å². The zero-order valence-electron chi connectivity index (χ0n) is 11.8. The lowest BCUT2D eigenvalue weighted by molar-refractivity contribution is 0.411. The first kappa shape index (κ1) is 15.1. The zero-order chi connectivity index (χ0) is 15.4. The van der Waals surface area contributed by atoms with E-state index in [4.69, 9.17) is 9.15 Å². The first-order valence-corrected chi connectivity index (χ1v) is 8.38. The van der Waals surface area contributed by atoms with E-state index < -0.39 is 0 Å². The van der Waals surface area contributed by atoms with E-state index >= 15 is 0 Å². The maximum Gasteiger partial charge on any atom is 0.277 e. The molecule has 112 valence electrons. The maximum atomic E-state index is 5.71. The molecule has 4 nitrogen and oxygen atoms in total. The molecule has 22 heavy (non-hydrogen) atoms. The molecule has 0 aliphatic heterocycles. The minimum atomic E-state index is 0.467. The average Bonchev–Trinajstić information content (AvgIpc) is 3.02. The molecule has 0 bridgehead atoms. The van der Waals surface area contributed by atoms with E-state index in [0.717, 1.165) is 21.5 Å². The standard InChI is InChI=1S/C16H13BrN2O2S/c1-20-14-8-3-2-7-13(14)15-18-19-16(21-15)22-10-11-5-4-6-12(17)9-11/h2-9H,10H2,1H3. The van der Waals surface area contributed by atoms with Crippen molar-refractivity contribution in [3.63, 3.8) is 0 Å². The van der Waals surface area contributed by atoms with Gasteiger partial charge in [-0.1, -0.05) is 52.0 Å². The Balaban J connectivity index is 1.74. The van der Waals surface area contributed by atoms with Crippen LogP contribution in [0.5, 0.6) is 5.75 Å². The summed E-state index contributed by atoms with van der Waals surface area (Å²) in [5, 5.41) is 8.73. The van der Waals surface area contributed by atoms with Gasteiger partial charge in [-0.2, -0.15) is 0 Å². The maximum absolute atomic E-state index is 5.71. The number of nitrogens with zero attached hydrogens (tertiary/aromatic N) is 2. The lowest BCUT2D eigenvalue weighted by Crippen LogP contribution is -1.87. The van der Waals surface area contributed by atoms with Crippen LogP contribution in [0, 0.1) is 0 Å². The third-order valence-electron chi connectivity index (χ3n) is 3.00. The van der Waals surface area contributed by atoms with Crippen LogP contribution in [-0.4, -0.2) is 17.3 Å². The second kappa shape index (κ2) is 6.98. The molecule has 1 aromatic heterocycles. The van der Waals surface area contributed by atoms with Crippen molar-refractivity contribution in [3.8, 4) is 17.2 Å². The molecule has 3 rings (SSSR count). The van der Waals surface area contributed by atoms with Crippen LogP contribution in [0.4, 0.5) is 0 Å². The Morgan fingerprint density at radius 2 is 2.00 bits per heavy atom. The summed E-state index contributed by atoms with van der Waals surface area (Å²) in [4.78, 5) is 0. The third-order valence-corrected chi connectivity index (χ3v) is 4.38. The lowest BCUT2D eigenvalue weighted by atomic mass is 10.2. The molecule has 0 saturated heterocycles. The summed E-state index contributed by atoms with van der Waals surface area (Å²) in [5.41, 5.74) is 1.99. The highest BCUT2D eigenvalue weighted by Crippen LogP contribution is 2.31. The molecule has 0 aliphatic rings. The van der Waals surface area contributed by atoms with Gasteiger partial charge in [0.25, 0.3) is 11.1 Å². The van der Waals surface area contributed by atoms with E-state index in [2.05, 4.69) is 38.3 Å². The van der Waals surface area contributed by atoms with Crippen molar-refractivity contribution in [3.05, 3.63) is 58.6 Å². The Morgan fingerprint density at radius 1 is 1.14 bits per heavy atom. The minimum absolute atomic E-state index is 0.467. The number of hydrogen-bond donors (Lipinski definition) is 0. The Labute approximate surface area is 141 Å². The third kappa shape index (κ3) is 3.51. The Kier molecular flexibility index (Phi) is 4.80. The number of benzene rings is 2. The van der Waals surface area contributed by atoms with Crippen LogP contribution in [0.1, 0.15) is 5.56 Å². The first-order valence-electron chi connectivity index (χ1n) is 6.60. The quantitative estimate of drug-likeness (QED) is 0.598. The SMILES string of the molecule is COc1ccccc1-c1nnc(SCc2cccc(Br)c2)o1. The molecule has 0 N–H and O–H groups in total. The molecule has 1 heterocycles. The van der Waals surface area contributed by atoms with E-state index in [1.165, 1.54) is 17.3 Å². The molecule has 6 heteroatoms. The van der Waals surface area contributed by atoms with E-state index in [1.54, 1.807) is 7.11 Å². The average molecular weight is 377 g/mol. The Hall–Kier alpha value is -1.79. The highest BCUT2D eigenvalue weighted by Gasteiger charge is 2.13. The second-order valence-electron chi connectivity index (χ2n) is 4.49. The van der Waals surface area contributed by atoms with E-state index in [-0.39, 0.29) is 0 Å². The van der Waals surface area contributed by atoms with Gasteiger partial charge in [-0.3, -0.25) is 0 Å². The molecule has 0 aliphatic carbocycles. The van der Waals surface area contributed by atoms with Crippen molar-refractivity contribution in [1.82, 2.24) is 10.2 Å². The summed E-state index contributed by atoms with van der Waals surface area (Å²) >= 11 is 4.97. The van der Waals surface area contributed by atoms with Crippen molar-refractivity contribution in [1.29, 1.82) is 0 Å². The Morgan fingerprint density at radius 3 is 2.82 bits per heavy atom. The van der Waals surface area contributed by atoms with Crippen molar-refractivity contribution in [2.75, 3.05) is 7.11 Å². The van der Waals surface area contributed by atoms with Gasteiger partial charge >= 0.3 is 0 Å². The van der Waals surface area contributed by atoms with Crippen molar-refractivity contribution < 1.29 is 9.15 Å². The van der Waals surface area contributed by atoms with Gasteiger partial charge < -0.3 is 9.15 Å². The molecule has 0 unspecified atom stereocenters. The minimum Gasteiger partial charge on any atom is -0.496 e. The first-order chi connectivity index (χ1) is 10.8. The monoisotopic (exact) mass is 376 g/mol. The highest BCUT2D eigenvalue weighted by molar-refractivity contribution is 9.10. The van der Waals surface area contributed by atoms with Crippen LogP contribution in [0.15, 0.2) is 62.6 Å². The number of para-hydroxylation sites is 1. The fourth-order valence-electron chi connectivity index (χ4n) is 1.97. The number of aromatic nitrogens is 2. The zero-order valence-corrected chi connectivity index (χ0v) is 14.2. The molecule has 0 atom stereocenters. The summed E-state index contributed by atoms with van der Waals surface area (Å²) in [6, 6.07) is 15.7. The van der Waals surface area contributed by atoms with Crippen LogP contribution in [0.2, 0.25) is 0 Å². The molecule has 0 saturated carbocycles. The van der Waals surface area contributed by atoms with Gasteiger partial charge in [0, 0.05) is 10.2 Å². The van der Waals surface area contributed by atoms with Gasteiger partial charge in [-0.25, -0.2) is 0 Å². The number of ether oxygens (including phenoxy) is 1. The number of thioether (sulfide) groups is 1. The van der Waals surface area contributed by atoms with Gasteiger partial charge in [0.15, 0.2) is 0 Å². The second-order valence-corrected chi connectivity index (χ2v) is 6.33. The molecular weight excluding hydrogens is 364 g/mol. The largest absolute Gasteiger partial charge is 0.496 e. The summed E-state index contributed by atoms with van der Waals surface area (Å²) in [6.45, 7) is 0. The topological polar surface area (TPSA) is 48.2 Å². The predicted molar refractivity (Wildman–Crippen MR) is 90.0 cm³/mol. The van der Waals surface area contributed by atoms with Crippen LogP contribution < -0.4 is 4.74 Å². The summed E-state index contributed by atoms with van der Waals surface area (Å²) in [6.07, 6.45) is 0. The molecule has 2 aromatic carbocycles. The normalized spacial score (nSPS) is 10.6. The summed E-state index contributed by atoms with van der Waals surface area (Å²) in [5.74, 6) is 1.95. The van der Waals surface area contributed by atoms with Crippen LogP contribution in [-0.2, 0) is 5.75 Å². The fraction of sp³-hybridized carbons (Fsp3) is 0.125. The van der Waals surface area contributed by atoms with Gasteiger partial charge in [-0.05, 0) is 29.8 Å². The molecule has 0 fully saturated rings. The van der Waals surface area contributed by atoms with Gasteiger partial charge in [0.1, 0.15) is 5.75 Å². The summed E-state index contributed by atoms with van der Waals surface area (Å²) in [7, 11) is 1.62. The smallest absolute Gasteiger partial charge is 0.277 e. The predicted octanol–water partition coefficient (Wildman–Crippen LogP) is 4.80. The van der Waals surface area contributed by atoms with E-state index in [9.17, 15) is 0 Å². The van der Waals surface area contributed by atoms with Gasteiger partial charge in [-0.15, -0.1) is 10.2 Å². The highest BCUT2D eigenvalue weighted by atomic mass is 79.9. The number of methoxy groups -OCH3 is 1. The van der Waals surface area contributed by atoms with Crippen LogP contribution in [0.3, 0.4) is 0 Å². The van der Waals surface area contributed by atoms with Crippen molar-refractivity contribution >= 4 is 27.7 Å². The fourth-order valence-corrected chi connectivity index (χ4v) is 3.12. The van der Waals surface area contributed by atoms with E-state index in [0.29, 0.717) is 11.1 Å². The number of halogens is 1. The molecule has 3 aromatic rings. The van der Waals surface area contributed by atoms with Crippen molar-refractivity contribution in [2.45, 2.75) is 11.0 Å². The van der Waals surface area contributed by atoms with Gasteiger partial charge in [0.2, 0.25) is 0 Å². The van der Waals surface area contributed by atoms with Crippen LogP contribution in [0.25, 0.3) is 11.5 Å². The summed E-state index contributed by atoms with van der Waals surface area (Å²) < 4.78 is 12.1. The molecule has 0 amide bonds. The van der Waals surface area contributed by atoms with Crippen molar-refractivity contribution in [2.24, 2.45) is 0 Å². The molecule has 0 radical (unpaired) electrons. The number of hydrogen-bond acceptors (Lipinski definition) is 5. The number of rotatable bonds is 5. The lowest BCUT2D eigenvalue weighted by Gasteiger charge is -2.03. The molecular formula is C16H13BrN2O2S. The van der Waals surface area contributed by atoms with Gasteiger partial charge in [0.05, 0.1) is 12.7 Å². The van der Waals surface area contributed by atoms with Crippen LogP contribution >= 0.6 is 27.7 Å². The Bertz CT molecular complexity index is 776. The molecule has 0 spiro atoms.